The Kier molecular flexibility index (Phi) is 4.28. The molecule has 0 radical (unpaired) electrons. The molecule has 0 aliphatic carbocycles. The number of H-pyrrole nitrogens is 1. The van der Waals surface area contributed by atoms with Crippen molar-refractivity contribution in [2.75, 3.05) is 0 Å². The lowest BCUT2D eigenvalue weighted by atomic mass is 10.1. The molecule has 3 rings (SSSR count). The van der Waals surface area contributed by atoms with E-state index in [1.54, 1.807) is 0 Å². The molecule has 0 saturated carbocycles. The third-order valence-electron chi connectivity index (χ3n) is 3.25. The van der Waals surface area contributed by atoms with Gasteiger partial charge in [0, 0.05) is 6.42 Å². The van der Waals surface area contributed by atoms with E-state index in [-0.39, 0.29) is 22.7 Å². The number of aromatic amines is 1. The van der Waals surface area contributed by atoms with E-state index in [1.165, 1.54) is 0 Å². The van der Waals surface area contributed by atoms with Gasteiger partial charge in [-0.2, -0.15) is 0 Å². The summed E-state index contributed by atoms with van der Waals surface area (Å²) in [4.78, 5) is 27.1. The standard InChI is InChI=1S/C15H10FN3O5S/c16-10-1-3-11(4-2-10)25(22,23)13-6-9(7-24-13)5-12(20)14(21)15-17-8-18-19-15/h1-4,6-8H,5H2,(H,17,18,19). The molecular weight excluding hydrogens is 353 g/mol. The van der Waals surface area contributed by atoms with Gasteiger partial charge in [-0.3, -0.25) is 14.7 Å². The van der Waals surface area contributed by atoms with Crippen LogP contribution in [0.1, 0.15) is 16.2 Å². The van der Waals surface area contributed by atoms with Crippen molar-refractivity contribution in [2.24, 2.45) is 0 Å². The third kappa shape index (κ3) is 3.38. The number of furan rings is 1. The molecule has 0 spiro atoms. The van der Waals surface area contributed by atoms with Crippen molar-refractivity contribution in [3.63, 3.8) is 0 Å². The molecule has 1 aromatic carbocycles. The first-order valence-electron chi connectivity index (χ1n) is 6.89. The van der Waals surface area contributed by atoms with Gasteiger partial charge in [0.05, 0.1) is 11.2 Å². The Labute approximate surface area is 140 Å². The normalized spacial score (nSPS) is 11.4. The van der Waals surface area contributed by atoms with Crippen molar-refractivity contribution in [2.45, 2.75) is 16.4 Å². The number of nitrogens with one attached hydrogen (secondary N) is 1. The first-order chi connectivity index (χ1) is 11.9. The van der Waals surface area contributed by atoms with Gasteiger partial charge in [-0.15, -0.1) is 5.10 Å². The van der Waals surface area contributed by atoms with E-state index in [0.29, 0.717) is 0 Å². The maximum atomic E-state index is 12.9. The molecule has 0 aliphatic rings. The average molecular weight is 363 g/mol. The predicted octanol–water partition coefficient (Wildman–Crippen LogP) is 1.36. The van der Waals surface area contributed by atoms with Gasteiger partial charge < -0.3 is 4.42 Å². The summed E-state index contributed by atoms with van der Waals surface area (Å²) < 4.78 is 42.7. The van der Waals surface area contributed by atoms with E-state index in [0.717, 1.165) is 42.9 Å². The van der Waals surface area contributed by atoms with Crippen LogP contribution in [0.3, 0.4) is 0 Å². The Balaban J connectivity index is 1.79. The molecule has 128 valence electrons. The molecule has 10 heteroatoms. The van der Waals surface area contributed by atoms with Crippen LogP contribution in [0.4, 0.5) is 4.39 Å². The quantitative estimate of drug-likeness (QED) is 0.398. The zero-order valence-corrected chi connectivity index (χ0v) is 13.3. The molecule has 3 aromatic rings. The maximum Gasteiger partial charge on any atom is 0.267 e. The fourth-order valence-corrected chi connectivity index (χ4v) is 3.23. The Hall–Kier alpha value is -3.14. The van der Waals surface area contributed by atoms with E-state index in [2.05, 4.69) is 15.2 Å². The fraction of sp³-hybridized carbons (Fsp3) is 0.0667. The summed E-state index contributed by atoms with van der Waals surface area (Å²) in [6.45, 7) is 0. The summed E-state index contributed by atoms with van der Waals surface area (Å²) in [5, 5.41) is 5.42. The van der Waals surface area contributed by atoms with Crippen LogP contribution in [0.15, 0.2) is 57.3 Å². The van der Waals surface area contributed by atoms with Crippen molar-refractivity contribution in [1.29, 1.82) is 0 Å². The number of carbonyl (C=O) groups is 2. The van der Waals surface area contributed by atoms with Crippen LogP contribution < -0.4 is 0 Å². The summed E-state index contributed by atoms with van der Waals surface area (Å²) in [6.07, 6.45) is 1.86. The highest BCUT2D eigenvalue weighted by Crippen LogP contribution is 2.23. The Morgan fingerprint density at radius 3 is 2.56 bits per heavy atom. The van der Waals surface area contributed by atoms with Gasteiger partial charge in [0.25, 0.3) is 5.78 Å². The predicted molar refractivity (Wildman–Crippen MR) is 80.0 cm³/mol. The number of nitrogens with zero attached hydrogens (tertiary/aromatic N) is 2. The number of halogens is 1. The molecule has 0 fully saturated rings. The number of ketones is 2. The molecule has 0 saturated heterocycles. The van der Waals surface area contributed by atoms with Crippen LogP contribution >= 0.6 is 0 Å². The largest absolute Gasteiger partial charge is 0.452 e. The van der Waals surface area contributed by atoms with Crippen LogP contribution in [0.25, 0.3) is 0 Å². The number of aromatic nitrogens is 3. The molecule has 0 aliphatic heterocycles. The summed E-state index contributed by atoms with van der Waals surface area (Å²) in [5.74, 6) is -2.56. The van der Waals surface area contributed by atoms with Crippen LogP contribution in [0, 0.1) is 5.82 Å². The molecule has 0 bridgehead atoms. The number of sulfone groups is 1. The van der Waals surface area contributed by atoms with E-state index < -0.39 is 32.3 Å². The molecule has 2 heterocycles. The van der Waals surface area contributed by atoms with Crippen LogP contribution in [-0.2, 0) is 21.1 Å². The fourth-order valence-electron chi connectivity index (χ4n) is 2.03. The first kappa shape index (κ1) is 16.7. The lowest BCUT2D eigenvalue weighted by Gasteiger charge is -2.00. The Bertz CT molecular complexity index is 1020. The minimum absolute atomic E-state index is 0.155. The molecule has 25 heavy (non-hydrogen) atoms. The second kappa shape index (κ2) is 6.40. The lowest BCUT2D eigenvalue weighted by Crippen LogP contribution is -2.17. The Morgan fingerprint density at radius 2 is 1.92 bits per heavy atom. The highest BCUT2D eigenvalue weighted by molar-refractivity contribution is 7.91. The molecule has 8 nitrogen and oxygen atoms in total. The molecule has 1 N–H and O–H groups in total. The monoisotopic (exact) mass is 363 g/mol. The molecule has 0 unspecified atom stereocenters. The zero-order valence-electron chi connectivity index (χ0n) is 12.5. The summed E-state index contributed by atoms with van der Waals surface area (Å²) in [7, 11) is -3.99. The van der Waals surface area contributed by atoms with Crippen LogP contribution in [0.5, 0.6) is 0 Å². The number of rotatable bonds is 6. The minimum Gasteiger partial charge on any atom is -0.452 e. The summed E-state index contributed by atoms with van der Waals surface area (Å²) in [6, 6.07) is 5.36. The number of carbonyl (C=O) groups excluding carboxylic acids is 2. The number of Topliss-reactive ketones (excluding diaryl/α,β-unsaturated/α-hetero) is 2. The minimum atomic E-state index is -3.99. The van der Waals surface area contributed by atoms with Gasteiger partial charge in [0.1, 0.15) is 12.1 Å². The van der Waals surface area contributed by atoms with Crippen molar-refractivity contribution >= 4 is 21.4 Å². The van der Waals surface area contributed by atoms with Crippen molar-refractivity contribution in [3.05, 3.63) is 60.1 Å². The molecule has 0 amide bonds. The second-order valence-electron chi connectivity index (χ2n) is 4.98. The lowest BCUT2D eigenvalue weighted by molar-refractivity contribution is -0.114. The second-order valence-corrected chi connectivity index (χ2v) is 6.86. The smallest absolute Gasteiger partial charge is 0.267 e. The third-order valence-corrected chi connectivity index (χ3v) is 4.89. The van der Waals surface area contributed by atoms with Crippen molar-refractivity contribution in [1.82, 2.24) is 15.2 Å². The molecular formula is C15H10FN3O5S. The SMILES string of the molecule is O=C(Cc1coc(S(=O)(=O)c2ccc(F)cc2)c1)C(=O)c1nc[nH]n1. The van der Waals surface area contributed by atoms with Crippen LogP contribution in [0.2, 0.25) is 0 Å². The first-order valence-corrected chi connectivity index (χ1v) is 8.37. The highest BCUT2D eigenvalue weighted by atomic mass is 32.2. The summed E-state index contributed by atoms with van der Waals surface area (Å²) >= 11 is 0. The van der Waals surface area contributed by atoms with E-state index >= 15 is 0 Å². The molecule has 2 aromatic heterocycles. The van der Waals surface area contributed by atoms with Crippen molar-refractivity contribution < 1.29 is 26.8 Å². The van der Waals surface area contributed by atoms with Gasteiger partial charge in [-0.25, -0.2) is 17.8 Å². The topological polar surface area (TPSA) is 123 Å². The maximum absolute atomic E-state index is 12.9. The average Bonchev–Trinajstić information content (AvgIpc) is 3.26. The Morgan fingerprint density at radius 1 is 1.20 bits per heavy atom. The van der Waals surface area contributed by atoms with Gasteiger partial charge in [0.2, 0.25) is 26.5 Å². The summed E-state index contributed by atoms with van der Waals surface area (Å²) in [5.41, 5.74) is 0.203. The number of hydrogen-bond acceptors (Lipinski definition) is 7. The highest BCUT2D eigenvalue weighted by Gasteiger charge is 2.25. The van der Waals surface area contributed by atoms with Gasteiger partial charge in [0.15, 0.2) is 0 Å². The number of benzene rings is 1. The van der Waals surface area contributed by atoms with Gasteiger partial charge in [-0.1, -0.05) is 0 Å². The van der Waals surface area contributed by atoms with Crippen molar-refractivity contribution in [3.8, 4) is 0 Å². The van der Waals surface area contributed by atoms with E-state index in [1.807, 2.05) is 0 Å². The van der Waals surface area contributed by atoms with Gasteiger partial charge in [-0.05, 0) is 35.9 Å². The van der Waals surface area contributed by atoms with Gasteiger partial charge >= 0.3 is 0 Å². The van der Waals surface area contributed by atoms with E-state index in [4.69, 9.17) is 4.42 Å². The zero-order chi connectivity index (χ0) is 18.0. The van der Waals surface area contributed by atoms with E-state index in [9.17, 15) is 22.4 Å². The molecule has 0 atom stereocenters. The number of hydrogen-bond donors (Lipinski definition) is 1. The van der Waals surface area contributed by atoms with Crippen LogP contribution in [-0.4, -0.2) is 35.2 Å².